The fourth-order valence-corrected chi connectivity index (χ4v) is 2.63. The minimum atomic E-state index is -0.0406. The van der Waals surface area contributed by atoms with Gasteiger partial charge < -0.3 is 9.15 Å². The van der Waals surface area contributed by atoms with Crippen LogP contribution in [0.1, 0.15) is 5.56 Å². The maximum absolute atomic E-state index is 12.0. The van der Waals surface area contributed by atoms with Gasteiger partial charge in [0, 0.05) is 23.7 Å². The third-order valence-electron chi connectivity index (χ3n) is 3.14. The monoisotopic (exact) mass is 326 g/mol. The third kappa shape index (κ3) is 3.98. The van der Waals surface area contributed by atoms with E-state index in [1.54, 1.807) is 7.11 Å². The molecule has 0 N–H and O–H groups in total. The number of nitrogens with zero attached hydrogens (tertiary/aromatic N) is 2. The highest BCUT2D eigenvalue weighted by Crippen LogP contribution is 2.25. The van der Waals surface area contributed by atoms with Crippen molar-refractivity contribution in [1.82, 2.24) is 10.2 Å². The first-order chi connectivity index (χ1) is 11.2. The van der Waals surface area contributed by atoms with Crippen molar-refractivity contribution >= 4 is 16.9 Å². The zero-order chi connectivity index (χ0) is 16.1. The second-order valence-corrected chi connectivity index (χ2v) is 5.75. The molecule has 6 heteroatoms. The lowest BCUT2D eigenvalue weighted by molar-refractivity contribution is -0.110. The minimum Gasteiger partial charge on any atom is -0.497 e. The van der Waals surface area contributed by atoms with Crippen LogP contribution in [0.3, 0.4) is 0 Å². The molecule has 0 amide bonds. The lowest BCUT2D eigenvalue weighted by Gasteiger charge is -1.99. The van der Waals surface area contributed by atoms with Crippen molar-refractivity contribution in [1.29, 1.82) is 0 Å². The topological polar surface area (TPSA) is 65.2 Å². The molecule has 0 radical (unpaired) electrons. The van der Waals surface area contributed by atoms with Gasteiger partial charge in [0.1, 0.15) is 5.75 Å². The van der Waals surface area contributed by atoms with E-state index in [1.807, 2.05) is 54.6 Å². The van der Waals surface area contributed by atoms with Crippen molar-refractivity contribution in [3.63, 3.8) is 0 Å². The highest BCUT2D eigenvalue weighted by atomic mass is 32.2. The summed E-state index contributed by atoms with van der Waals surface area (Å²) in [4.78, 5) is 12.0. The quantitative estimate of drug-likeness (QED) is 0.667. The molecule has 3 aromatic rings. The number of methoxy groups -OCH3 is 1. The van der Waals surface area contributed by atoms with Crippen LogP contribution in [-0.4, -0.2) is 22.4 Å². The SMILES string of the molecule is COc1ccc(-c2nnc(SC(=O)Cc3ccccc3)o2)cc1. The van der Waals surface area contributed by atoms with Crippen LogP contribution in [0.25, 0.3) is 11.5 Å². The van der Waals surface area contributed by atoms with E-state index < -0.39 is 0 Å². The number of carbonyl (C=O) groups excluding carboxylic acids is 1. The summed E-state index contributed by atoms with van der Waals surface area (Å²) in [5, 5.41) is 8.09. The fraction of sp³-hybridized carbons (Fsp3) is 0.118. The van der Waals surface area contributed by atoms with E-state index in [9.17, 15) is 4.79 Å². The predicted molar refractivity (Wildman–Crippen MR) is 87.3 cm³/mol. The summed E-state index contributed by atoms with van der Waals surface area (Å²) in [5.41, 5.74) is 1.74. The van der Waals surface area contributed by atoms with Crippen molar-refractivity contribution in [2.45, 2.75) is 11.6 Å². The molecule has 0 aliphatic carbocycles. The van der Waals surface area contributed by atoms with Crippen LogP contribution >= 0.6 is 11.8 Å². The first-order valence-electron chi connectivity index (χ1n) is 6.97. The van der Waals surface area contributed by atoms with Gasteiger partial charge in [-0.05, 0) is 29.8 Å². The van der Waals surface area contributed by atoms with Gasteiger partial charge in [0.25, 0.3) is 5.22 Å². The van der Waals surface area contributed by atoms with E-state index in [-0.39, 0.29) is 10.3 Å². The Morgan fingerprint density at radius 1 is 1.09 bits per heavy atom. The smallest absolute Gasteiger partial charge is 0.284 e. The Bertz CT molecular complexity index is 785. The number of ether oxygens (including phenoxy) is 1. The lowest BCUT2D eigenvalue weighted by Crippen LogP contribution is -1.96. The molecule has 0 atom stereocenters. The van der Waals surface area contributed by atoms with E-state index in [0.717, 1.165) is 28.6 Å². The van der Waals surface area contributed by atoms with Crippen LogP contribution in [0.2, 0.25) is 0 Å². The Morgan fingerprint density at radius 3 is 2.52 bits per heavy atom. The number of hydrogen-bond acceptors (Lipinski definition) is 6. The van der Waals surface area contributed by atoms with Crippen molar-refractivity contribution in [3.8, 4) is 17.2 Å². The molecule has 0 bridgehead atoms. The second kappa shape index (κ2) is 7.11. The fourth-order valence-electron chi connectivity index (χ4n) is 2.00. The van der Waals surface area contributed by atoms with Crippen LogP contribution in [0.15, 0.2) is 64.2 Å². The molecule has 3 rings (SSSR count). The van der Waals surface area contributed by atoms with Gasteiger partial charge in [-0.15, -0.1) is 10.2 Å². The summed E-state index contributed by atoms with van der Waals surface area (Å²) < 4.78 is 10.6. The van der Waals surface area contributed by atoms with Crippen molar-refractivity contribution in [2.75, 3.05) is 7.11 Å². The molecule has 0 saturated heterocycles. The Labute approximate surface area is 137 Å². The highest BCUT2D eigenvalue weighted by Gasteiger charge is 2.14. The van der Waals surface area contributed by atoms with Crippen molar-refractivity contribution in [3.05, 3.63) is 60.2 Å². The maximum atomic E-state index is 12.0. The molecule has 5 nitrogen and oxygen atoms in total. The number of rotatable bonds is 5. The third-order valence-corrected chi connectivity index (χ3v) is 3.85. The van der Waals surface area contributed by atoms with E-state index in [2.05, 4.69) is 10.2 Å². The normalized spacial score (nSPS) is 10.5. The molecular weight excluding hydrogens is 312 g/mol. The van der Waals surface area contributed by atoms with Gasteiger partial charge >= 0.3 is 0 Å². The largest absolute Gasteiger partial charge is 0.497 e. The molecule has 0 unspecified atom stereocenters. The van der Waals surface area contributed by atoms with Gasteiger partial charge in [0.15, 0.2) is 0 Å². The number of thioether (sulfide) groups is 1. The number of benzene rings is 2. The summed E-state index contributed by atoms with van der Waals surface area (Å²) in [6, 6.07) is 16.8. The highest BCUT2D eigenvalue weighted by molar-refractivity contribution is 8.13. The molecule has 0 fully saturated rings. The summed E-state index contributed by atoms with van der Waals surface area (Å²) in [7, 11) is 1.61. The van der Waals surface area contributed by atoms with E-state index in [0.29, 0.717) is 12.3 Å². The van der Waals surface area contributed by atoms with Crippen LogP contribution in [0.4, 0.5) is 0 Å². The van der Waals surface area contributed by atoms with Gasteiger partial charge in [-0.2, -0.15) is 0 Å². The number of aromatic nitrogens is 2. The van der Waals surface area contributed by atoms with Gasteiger partial charge in [-0.3, -0.25) is 4.79 Å². The van der Waals surface area contributed by atoms with Gasteiger partial charge in [-0.1, -0.05) is 30.3 Å². The summed E-state index contributed by atoms with van der Waals surface area (Å²) >= 11 is 0.958. The molecule has 0 saturated carbocycles. The Balaban J connectivity index is 1.65. The first-order valence-corrected chi connectivity index (χ1v) is 7.79. The summed E-state index contributed by atoms with van der Waals surface area (Å²) in [5.74, 6) is 1.13. The van der Waals surface area contributed by atoms with Crippen molar-refractivity contribution < 1.29 is 13.9 Å². The van der Waals surface area contributed by atoms with E-state index in [4.69, 9.17) is 9.15 Å². The molecule has 0 aliphatic heterocycles. The minimum absolute atomic E-state index is 0.0406. The zero-order valence-corrected chi connectivity index (χ0v) is 13.2. The molecule has 0 spiro atoms. The van der Waals surface area contributed by atoms with Crippen LogP contribution < -0.4 is 4.74 Å². The van der Waals surface area contributed by atoms with E-state index in [1.165, 1.54) is 0 Å². The van der Waals surface area contributed by atoms with Crippen LogP contribution in [-0.2, 0) is 11.2 Å². The zero-order valence-electron chi connectivity index (χ0n) is 12.4. The summed E-state index contributed by atoms with van der Waals surface area (Å²) in [6.45, 7) is 0. The molecular formula is C17H14N2O3S. The van der Waals surface area contributed by atoms with Crippen LogP contribution in [0.5, 0.6) is 5.75 Å². The molecule has 1 aromatic heterocycles. The Morgan fingerprint density at radius 2 is 1.83 bits per heavy atom. The van der Waals surface area contributed by atoms with E-state index >= 15 is 0 Å². The molecule has 0 aliphatic rings. The van der Waals surface area contributed by atoms with Gasteiger partial charge in [0.05, 0.1) is 7.11 Å². The summed E-state index contributed by atoms with van der Waals surface area (Å²) in [6.07, 6.45) is 0.325. The van der Waals surface area contributed by atoms with Gasteiger partial charge in [-0.25, -0.2) is 0 Å². The Kier molecular flexibility index (Phi) is 4.73. The maximum Gasteiger partial charge on any atom is 0.284 e. The predicted octanol–water partition coefficient (Wildman–Crippen LogP) is 3.61. The average Bonchev–Trinajstić information content (AvgIpc) is 3.04. The molecule has 116 valence electrons. The second-order valence-electron chi connectivity index (χ2n) is 4.74. The number of hydrogen-bond donors (Lipinski definition) is 0. The van der Waals surface area contributed by atoms with Gasteiger partial charge in [0.2, 0.25) is 11.0 Å². The lowest BCUT2D eigenvalue weighted by atomic mass is 10.2. The average molecular weight is 326 g/mol. The van der Waals surface area contributed by atoms with Crippen LogP contribution in [0, 0.1) is 0 Å². The molecule has 23 heavy (non-hydrogen) atoms. The standard InChI is InChI=1S/C17H14N2O3S/c1-21-14-9-7-13(8-10-14)16-18-19-17(22-16)23-15(20)11-12-5-3-2-4-6-12/h2-10H,11H2,1H3. The first kappa shape index (κ1) is 15.3. The van der Waals surface area contributed by atoms with Crippen molar-refractivity contribution in [2.24, 2.45) is 0 Å². The molecule has 1 heterocycles. The molecule has 2 aromatic carbocycles. The number of carbonyl (C=O) groups is 1. The Hall–Kier alpha value is -2.60.